The van der Waals surface area contributed by atoms with Gasteiger partial charge in [0.1, 0.15) is 0 Å². The predicted molar refractivity (Wildman–Crippen MR) is 88.1 cm³/mol. The minimum absolute atomic E-state index is 0.0193. The smallest absolute Gasteiger partial charge is 0.290 e. The van der Waals surface area contributed by atoms with E-state index in [4.69, 9.17) is 9.47 Å². The molecule has 4 unspecified atom stereocenters. The van der Waals surface area contributed by atoms with Gasteiger partial charge in [-0.15, -0.1) is 0 Å². The van der Waals surface area contributed by atoms with E-state index < -0.39 is 0 Å². The number of likely N-dealkylation sites (tertiary alicyclic amines) is 1. The molecular formula is C16H24N2O4S. The lowest BCUT2D eigenvalue weighted by molar-refractivity contribution is -0.115. The van der Waals surface area contributed by atoms with E-state index in [0.29, 0.717) is 10.9 Å². The van der Waals surface area contributed by atoms with E-state index in [1.165, 1.54) is 12.8 Å². The fourth-order valence-corrected chi connectivity index (χ4v) is 4.67. The Bertz CT molecular complexity index is 504. The number of nitrogens with one attached hydrogen (secondary N) is 1. The first-order valence-electron chi connectivity index (χ1n) is 8.17. The van der Waals surface area contributed by atoms with Crippen LogP contribution in [-0.2, 0) is 14.3 Å². The van der Waals surface area contributed by atoms with Crippen LogP contribution >= 0.6 is 11.8 Å². The van der Waals surface area contributed by atoms with E-state index in [0.717, 1.165) is 37.7 Å². The highest BCUT2D eigenvalue weighted by Gasteiger charge is 2.41. The number of carbonyl (C=O) groups excluding carboxylic acids is 2. The van der Waals surface area contributed by atoms with Crippen molar-refractivity contribution in [1.29, 1.82) is 0 Å². The maximum atomic E-state index is 11.9. The molecule has 0 radical (unpaired) electrons. The van der Waals surface area contributed by atoms with Gasteiger partial charge in [0.2, 0.25) is 0 Å². The number of hydrogen-bond donors (Lipinski definition) is 1. The van der Waals surface area contributed by atoms with Crippen molar-refractivity contribution in [3.63, 3.8) is 0 Å². The summed E-state index contributed by atoms with van der Waals surface area (Å²) in [5, 5.41) is 2.05. The van der Waals surface area contributed by atoms with E-state index in [9.17, 15) is 9.59 Å². The van der Waals surface area contributed by atoms with Gasteiger partial charge in [-0.3, -0.25) is 19.8 Å². The maximum absolute atomic E-state index is 11.9. The van der Waals surface area contributed by atoms with E-state index >= 15 is 0 Å². The van der Waals surface area contributed by atoms with Crippen LogP contribution in [0.1, 0.15) is 25.7 Å². The molecule has 2 aliphatic heterocycles. The number of rotatable bonds is 4. The number of hydrogen-bond acceptors (Lipinski definition) is 6. The van der Waals surface area contributed by atoms with Gasteiger partial charge in [-0.2, -0.15) is 0 Å². The molecule has 0 bridgehead atoms. The zero-order chi connectivity index (χ0) is 16.4. The first-order chi connectivity index (χ1) is 11.1. The molecule has 128 valence electrons. The molecule has 2 heterocycles. The summed E-state index contributed by atoms with van der Waals surface area (Å²) in [5.74, 6) is -0.0772. The number of nitrogens with zero attached hydrogens (tertiary/aromatic N) is 1. The molecule has 1 aliphatic carbocycles. The summed E-state index contributed by atoms with van der Waals surface area (Å²) in [7, 11) is 3.44. The third kappa shape index (κ3) is 3.63. The van der Waals surface area contributed by atoms with Gasteiger partial charge in [-0.25, -0.2) is 0 Å². The molecule has 7 heteroatoms. The molecule has 0 aromatic carbocycles. The summed E-state index contributed by atoms with van der Waals surface area (Å²) in [6.45, 7) is 2.19. The van der Waals surface area contributed by atoms with Gasteiger partial charge in [0, 0.05) is 20.3 Å². The highest BCUT2D eigenvalue weighted by atomic mass is 32.2. The lowest BCUT2D eigenvalue weighted by atomic mass is 9.79. The highest BCUT2D eigenvalue weighted by Crippen LogP contribution is 2.37. The molecule has 3 fully saturated rings. The van der Waals surface area contributed by atoms with Crippen LogP contribution in [0.15, 0.2) is 11.0 Å². The summed E-state index contributed by atoms with van der Waals surface area (Å²) >= 11 is 0.998. The normalized spacial score (nSPS) is 37.6. The van der Waals surface area contributed by atoms with Gasteiger partial charge in [0.15, 0.2) is 0 Å². The van der Waals surface area contributed by atoms with Crippen molar-refractivity contribution < 1.29 is 19.1 Å². The lowest BCUT2D eigenvalue weighted by Crippen LogP contribution is -2.50. The number of imide groups is 1. The first kappa shape index (κ1) is 17.0. The highest BCUT2D eigenvalue weighted by molar-refractivity contribution is 8.18. The Balaban J connectivity index is 1.82. The van der Waals surface area contributed by atoms with Crippen molar-refractivity contribution in [2.24, 2.45) is 5.92 Å². The lowest BCUT2D eigenvalue weighted by Gasteiger charge is -2.43. The molecule has 1 N–H and O–H groups in total. The molecule has 2 amide bonds. The molecule has 1 saturated carbocycles. The summed E-state index contributed by atoms with van der Waals surface area (Å²) in [6, 6.07) is 0.338. The quantitative estimate of drug-likeness (QED) is 0.787. The van der Waals surface area contributed by atoms with Crippen LogP contribution in [-0.4, -0.2) is 61.6 Å². The molecule has 4 atom stereocenters. The summed E-state index contributed by atoms with van der Waals surface area (Å²) in [5.41, 5.74) is 0. The SMILES string of the molecule is COC1CC(C=C2SC(=O)NC2=O)C(N2CCCC2)CC1OC. The average Bonchev–Trinajstić information content (AvgIpc) is 3.17. The van der Waals surface area contributed by atoms with Crippen LogP contribution in [0.3, 0.4) is 0 Å². The number of carbonyl (C=O) groups is 2. The summed E-state index contributed by atoms with van der Waals surface area (Å²) < 4.78 is 11.2. The van der Waals surface area contributed by atoms with Gasteiger partial charge in [0.25, 0.3) is 11.1 Å². The van der Waals surface area contributed by atoms with Gasteiger partial charge >= 0.3 is 0 Å². The van der Waals surface area contributed by atoms with Crippen LogP contribution in [0.25, 0.3) is 0 Å². The van der Waals surface area contributed by atoms with Gasteiger partial charge in [-0.1, -0.05) is 6.08 Å². The number of ether oxygens (including phenoxy) is 2. The zero-order valence-corrected chi connectivity index (χ0v) is 14.4. The predicted octanol–water partition coefficient (Wildman–Crippen LogP) is 1.76. The van der Waals surface area contributed by atoms with Crippen molar-refractivity contribution in [1.82, 2.24) is 10.2 Å². The standard InChI is InChI=1S/C16H24N2O4S/c1-21-12-7-10(8-14-15(19)17-16(20)23-14)11(9-13(12)22-2)18-5-3-4-6-18/h8,10-13H,3-7,9H2,1-2H3,(H,17,19,20). The molecule has 3 rings (SSSR count). The second-order valence-corrected chi connectivity index (χ2v) is 7.38. The van der Waals surface area contributed by atoms with E-state index in [-0.39, 0.29) is 29.3 Å². The third-order valence-corrected chi connectivity index (χ3v) is 5.94. The monoisotopic (exact) mass is 340 g/mol. The Morgan fingerprint density at radius 1 is 1.13 bits per heavy atom. The maximum Gasteiger partial charge on any atom is 0.290 e. The van der Waals surface area contributed by atoms with E-state index in [2.05, 4.69) is 10.2 Å². The second-order valence-electron chi connectivity index (χ2n) is 6.37. The molecule has 23 heavy (non-hydrogen) atoms. The molecule has 3 aliphatic rings. The summed E-state index contributed by atoms with van der Waals surface area (Å²) in [4.78, 5) is 26.3. The third-order valence-electron chi connectivity index (χ3n) is 5.11. The van der Waals surface area contributed by atoms with Gasteiger partial charge < -0.3 is 9.47 Å². The fourth-order valence-electron chi connectivity index (χ4n) is 3.94. The Labute approximate surface area is 140 Å². The average molecular weight is 340 g/mol. The molecule has 6 nitrogen and oxygen atoms in total. The largest absolute Gasteiger partial charge is 0.379 e. The Hall–Kier alpha value is -0.890. The van der Waals surface area contributed by atoms with E-state index in [1.807, 2.05) is 6.08 Å². The minimum Gasteiger partial charge on any atom is -0.379 e. The number of thioether (sulfide) groups is 1. The molecule has 0 aromatic rings. The van der Waals surface area contributed by atoms with Crippen molar-refractivity contribution in [2.75, 3.05) is 27.3 Å². The zero-order valence-electron chi connectivity index (χ0n) is 13.6. The van der Waals surface area contributed by atoms with Crippen LogP contribution in [0, 0.1) is 5.92 Å². The van der Waals surface area contributed by atoms with Crippen molar-refractivity contribution >= 4 is 22.9 Å². The molecule has 0 aromatic heterocycles. The number of methoxy groups -OCH3 is 2. The van der Waals surface area contributed by atoms with Crippen LogP contribution in [0.5, 0.6) is 0 Å². The Kier molecular flexibility index (Phi) is 5.41. The topological polar surface area (TPSA) is 67.9 Å². The van der Waals surface area contributed by atoms with Crippen LogP contribution < -0.4 is 5.32 Å². The molecule has 2 saturated heterocycles. The van der Waals surface area contributed by atoms with Gasteiger partial charge in [-0.05, 0) is 56.5 Å². The second kappa shape index (κ2) is 7.34. The van der Waals surface area contributed by atoms with Gasteiger partial charge in [0.05, 0.1) is 17.1 Å². The fraction of sp³-hybridized carbons (Fsp3) is 0.750. The van der Waals surface area contributed by atoms with E-state index in [1.54, 1.807) is 14.2 Å². The number of amides is 2. The van der Waals surface area contributed by atoms with Crippen LogP contribution in [0.4, 0.5) is 4.79 Å². The first-order valence-corrected chi connectivity index (χ1v) is 8.98. The van der Waals surface area contributed by atoms with Crippen molar-refractivity contribution in [3.8, 4) is 0 Å². The molecular weight excluding hydrogens is 316 g/mol. The van der Waals surface area contributed by atoms with Crippen LogP contribution in [0.2, 0.25) is 0 Å². The summed E-state index contributed by atoms with van der Waals surface area (Å²) in [6.07, 6.45) is 6.22. The van der Waals surface area contributed by atoms with Crippen molar-refractivity contribution in [2.45, 2.75) is 43.9 Å². The Morgan fingerprint density at radius 2 is 1.78 bits per heavy atom. The Morgan fingerprint density at radius 3 is 2.35 bits per heavy atom. The van der Waals surface area contributed by atoms with Crippen molar-refractivity contribution in [3.05, 3.63) is 11.0 Å². The molecule has 0 spiro atoms. The minimum atomic E-state index is -0.284.